The molecule has 0 radical (unpaired) electrons. The topological polar surface area (TPSA) is 152 Å². The fourth-order valence-electron chi connectivity index (χ4n) is 5.43. The summed E-state index contributed by atoms with van der Waals surface area (Å²) < 4.78 is 32.2. The highest BCUT2D eigenvalue weighted by molar-refractivity contribution is 7.45. The molecule has 10 nitrogen and oxygen atoms in total. The van der Waals surface area contributed by atoms with Gasteiger partial charge in [0.15, 0.2) is 6.10 Å². The number of esters is 2. The Morgan fingerprint density at radius 1 is 0.608 bits per heavy atom. The molecular formula is C40H74O10P-. The number of hydrogen-bond acceptors (Lipinski definition) is 10. The van der Waals surface area contributed by atoms with Crippen molar-refractivity contribution in [2.75, 3.05) is 26.4 Å². The van der Waals surface area contributed by atoms with E-state index in [0.29, 0.717) is 12.8 Å². The number of unbranched alkanes of at least 4 members (excludes halogenated alkanes) is 20. The Morgan fingerprint density at radius 3 is 1.57 bits per heavy atom. The summed E-state index contributed by atoms with van der Waals surface area (Å²) in [6.45, 7) is 2.15. The van der Waals surface area contributed by atoms with E-state index in [1.165, 1.54) is 77.0 Å². The molecule has 0 aromatic rings. The second-order valence-electron chi connectivity index (χ2n) is 13.6. The number of phosphoric acid groups is 1. The Bertz CT molecular complexity index is 910. The smallest absolute Gasteiger partial charge is 0.306 e. The van der Waals surface area contributed by atoms with E-state index in [1.54, 1.807) is 0 Å². The van der Waals surface area contributed by atoms with Crippen molar-refractivity contribution in [2.45, 2.75) is 193 Å². The van der Waals surface area contributed by atoms with Crippen molar-refractivity contribution in [2.24, 2.45) is 0 Å². The number of carbonyl (C=O) groups excluding carboxylic acids is 2. The second kappa shape index (κ2) is 36.8. The molecule has 0 aliphatic rings. The summed E-state index contributed by atoms with van der Waals surface area (Å²) in [6.07, 6.45) is 34.0. The van der Waals surface area contributed by atoms with E-state index in [0.717, 1.165) is 64.2 Å². The zero-order chi connectivity index (χ0) is 37.7. The van der Waals surface area contributed by atoms with Crippen LogP contribution < -0.4 is 4.89 Å². The molecule has 0 fully saturated rings. The van der Waals surface area contributed by atoms with Gasteiger partial charge in [0.05, 0.1) is 19.8 Å². The summed E-state index contributed by atoms with van der Waals surface area (Å²) in [6, 6.07) is 0. The lowest BCUT2D eigenvalue weighted by Gasteiger charge is -2.26. The molecule has 0 aliphatic heterocycles. The van der Waals surface area contributed by atoms with Crippen molar-refractivity contribution >= 4 is 19.8 Å². The van der Waals surface area contributed by atoms with Crippen molar-refractivity contribution in [3.8, 4) is 0 Å². The number of ether oxygens (including phenoxy) is 2. The lowest BCUT2D eigenvalue weighted by molar-refractivity contribution is -0.230. The summed E-state index contributed by atoms with van der Waals surface area (Å²) in [7, 11) is -4.86. The van der Waals surface area contributed by atoms with Gasteiger partial charge in [-0.05, 0) is 44.9 Å². The quantitative estimate of drug-likeness (QED) is 0.0271. The van der Waals surface area contributed by atoms with Crippen LogP contribution in [-0.2, 0) is 32.7 Å². The van der Waals surface area contributed by atoms with E-state index in [2.05, 4.69) is 42.7 Å². The van der Waals surface area contributed by atoms with Crippen LogP contribution in [0.25, 0.3) is 0 Å². The molecule has 0 heterocycles. The Hall–Kier alpha value is -1.55. The zero-order valence-corrected chi connectivity index (χ0v) is 33.2. The fourth-order valence-corrected chi connectivity index (χ4v) is 6.21. The Balaban J connectivity index is 4.34. The lowest BCUT2D eigenvalue weighted by atomic mass is 10.0. The van der Waals surface area contributed by atoms with E-state index in [9.17, 15) is 24.2 Å². The minimum absolute atomic E-state index is 0.169. The van der Waals surface area contributed by atoms with Gasteiger partial charge < -0.3 is 33.6 Å². The van der Waals surface area contributed by atoms with Crippen LogP contribution >= 0.6 is 7.82 Å². The first-order valence-electron chi connectivity index (χ1n) is 20.3. The fraction of sp³-hybridized carbons (Fsp3) is 0.850. The van der Waals surface area contributed by atoms with Crippen LogP contribution in [0.3, 0.4) is 0 Å². The number of phosphoric ester groups is 1. The average Bonchev–Trinajstić information content (AvgIpc) is 3.12. The normalized spacial score (nSPS) is 14.2. The summed E-state index contributed by atoms with van der Waals surface area (Å²) in [5.74, 6) is -0.973. The summed E-state index contributed by atoms with van der Waals surface area (Å²) in [4.78, 5) is 37.0. The van der Waals surface area contributed by atoms with Gasteiger partial charge in [-0.15, -0.1) is 0 Å². The Morgan fingerprint density at radius 2 is 1.04 bits per heavy atom. The van der Waals surface area contributed by atoms with E-state index in [-0.39, 0.29) is 19.4 Å². The third-order valence-corrected chi connectivity index (χ3v) is 9.53. The maximum Gasteiger partial charge on any atom is 0.306 e. The highest BCUT2D eigenvalue weighted by Crippen LogP contribution is 2.38. The molecular weight excluding hydrogens is 671 g/mol. The van der Waals surface area contributed by atoms with Crippen molar-refractivity contribution < 1.29 is 47.8 Å². The maximum atomic E-state index is 12.5. The molecule has 0 saturated heterocycles. The van der Waals surface area contributed by atoms with Crippen LogP contribution in [0.2, 0.25) is 0 Å². The van der Waals surface area contributed by atoms with Gasteiger partial charge in [-0.2, -0.15) is 0 Å². The SMILES string of the molecule is CCCCC/C=C\C/C=C\CCCCCCCC(=O)OC[C@H](COP(=O)([O-])OC[C@@H](O)CO)OC(=O)CCCCCCCCCCCCCCC. The monoisotopic (exact) mass is 746 g/mol. The lowest BCUT2D eigenvalue weighted by Crippen LogP contribution is -2.30. The van der Waals surface area contributed by atoms with Crippen LogP contribution in [0.15, 0.2) is 24.3 Å². The van der Waals surface area contributed by atoms with Gasteiger partial charge in [-0.1, -0.05) is 147 Å². The van der Waals surface area contributed by atoms with Crippen molar-refractivity contribution in [1.29, 1.82) is 0 Å². The number of rotatable bonds is 38. The van der Waals surface area contributed by atoms with Gasteiger partial charge in [-0.3, -0.25) is 14.2 Å². The molecule has 1 unspecified atom stereocenters. The van der Waals surface area contributed by atoms with E-state index in [4.69, 9.17) is 19.1 Å². The second-order valence-corrected chi connectivity index (χ2v) is 15.1. The predicted molar refractivity (Wildman–Crippen MR) is 203 cm³/mol. The minimum atomic E-state index is -4.86. The van der Waals surface area contributed by atoms with Gasteiger partial charge in [0.25, 0.3) is 7.82 Å². The highest BCUT2D eigenvalue weighted by atomic mass is 31.2. The minimum Gasteiger partial charge on any atom is -0.756 e. The van der Waals surface area contributed by atoms with Crippen LogP contribution in [-0.4, -0.2) is 60.8 Å². The van der Waals surface area contributed by atoms with Crippen LogP contribution in [0.5, 0.6) is 0 Å². The molecule has 3 atom stereocenters. The van der Waals surface area contributed by atoms with E-state index >= 15 is 0 Å². The standard InChI is InChI=1S/C40H75O10P/c1-3-5-7-9-11-13-15-17-18-20-21-23-25-27-29-31-39(43)47-35-38(36-49-51(45,46)48-34-37(42)33-41)50-40(44)32-30-28-26-24-22-19-16-14-12-10-8-6-4-2/h11,13,17-18,37-38,41-42H,3-10,12,14-16,19-36H2,1-2H3,(H,45,46)/p-1/b13-11-,18-17-/t37-,38+/m0/s1. The highest BCUT2D eigenvalue weighted by Gasteiger charge is 2.21. The number of allylic oxidation sites excluding steroid dienone is 4. The maximum absolute atomic E-state index is 12.5. The molecule has 0 aliphatic carbocycles. The molecule has 0 rings (SSSR count). The molecule has 0 spiro atoms. The zero-order valence-electron chi connectivity index (χ0n) is 32.3. The molecule has 2 N–H and O–H groups in total. The number of aliphatic hydroxyl groups excluding tert-OH is 2. The Kier molecular flexibility index (Phi) is 35.7. The number of hydrogen-bond donors (Lipinski definition) is 2. The summed E-state index contributed by atoms with van der Waals surface area (Å²) in [5.41, 5.74) is 0. The Labute approximate surface area is 310 Å². The average molecular weight is 746 g/mol. The van der Waals surface area contributed by atoms with E-state index < -0.39 is 51.8 Å². The molecule has 0 aromatic heterocycles. The van der Waals surface area contributed by atoms with Crippen LogP contribution in [0.4, 0.5) is 0 Å². The molecule has 0 amide bonds. The molecule has 0 saturated carbocycles. The van der Waals surface area contributed by atoms with E-state index in [1.807, 2.05) is 0 Å². The molecule has 0 aromatic carbocycles. The van der Waals surface area contributed by atoms with Crippen molar-refractivity contribution in [3.05, 3.63) is 24.3 Å². The molecule has 0 bridgehead atoms. The summed E-state index contributed by atoms with van der Waals surface area (Å²) >= 11 is 0. The first-order valence-corrected chi connectivity index (χ1v) is 21.7. The van der Waals surface area contributed by atoms with Gasteiger partial charge >= 0.3 is 11.9 Å². The molecule has 300 valence electrons. The van der Waals surface area contributed by atoms with Gasteiger partial charge in [-0.25, -0.2) is 0 Å². The van der Waals surface area contributed by atoms with Crippen LogP contribution in [0, 0.1) is 0 Å². The third kappa shape index (κ3) is 36.6. The number of aliphatic hydroxyl groups is 2. The van der Waals surface area contributed by atoms with Crippen molar-refractivity contribution in [3.63, 3.8) is 0 Å². The van der Waals surface area contributed by atoms with Crippen molar-refractivity contribution in [1.82, 2.24) is 0 Å². The van der Waals surface area contributed by atoms with Gasteiger partial charge in [0.2, 0.25) is 0 Å². The molecule has 51 heavy (non-hydrogen) atoms. The number of carbonyl (C=O) groups is 2. The van der Waals surface area contributed by atoms with Gasteiger partial charge in [0.1, 0.15) is 12.7 Å². The summed E-state index contributed by atoms with van der Waals surface area (Å²) in [5, 5.41) is 18.2. The largest absolute Gasteiger partial charge is 0.756 e. The predicted octanol–water partition coefficient (Wildman–Crippen LogP) is 9.59. The first-order chi connectivity index (χ1) is 24.7. The molecule has 11 heteroatoms. The first kappa shape index (κ1) is 49.5. The third-order valence-electron chi connectivity index (χ3n) is 8.60. The van der Waals surface area contributed by atoms with Gasteiger partial charge in [0, 0.05) is 12.8 Å². The van der Waals surface area contributed by atoms with Crippen LogP contribution in [0.1, 0.15) is 181 Å².